The Morgan fingerprint density at radius 2 is 2.24 bits per heavy atom. The SMILES string of the molecule is CCCn1ncnc1Cn1ccnc(Cl)c1=O. The normalized spacial score (nSPS) is 10.7. The van der Waals surface area contributed by atoms with Gasteiger partial charge in [0.2, 0.25) is 0 Å². The van der Waals surface area contributed by atoms with Gasteiger partial charge in [0.25, 0.3) is 5.56 Å². The first-order valence-corrected chi connectivity index (χ1v) is 5.67. The molecule has 0 radical (unpaired) electrons. The molecule has 0 amide bonds. The third kappa shape index (κ3) is 2.52. The maximum absolute atomic E-state index is 11.7. The van der Waals surface area contributed by atoms with Crippen molar-refractivity contribution in [3.05, 3.63) is 40.1 Å². The molecule has 0 bridgehead atoms. The highest BCUT2D eigenvalue weighted by atomic mass is 35.5. The fraction of sp³-hybridized carbons (Fsp3) is 0.400. The van der Waals surface area contributed by atoms with E-state index in [4.69, 9.17) is 11.6 Å². The van der Waals surface area contributed by atoms with E-state index in [-0.39, 0.29) is 10.7 Å². The molecule has 0 atom stereocenters. The summed E-state index contributed by atoms with van der Waals surface area (Å²) in [6, 6.07) is 0. The van der Waals surface area contributed by atoms with Gasteiger partial charge in [0.15, 0.2) is 5.15 Å². The van der Waals surface area contributed by atoms with Crippen LogP contribution in [-0.4, -0.2) is 24.3 Å². The van der Waals surface area contributed by atoms with Crippen LogP contribution >= 0.6 is 11.6 Å². The molecule has 0 unspecified atom stereocenters. The van der Waals surface area contributed by atoms with E-state index in [2.05, 4.69) is 22.0 Å². The summed E-state index contributed by atoms with van der Waals surface area (Å²) < 4.78 is 3.24. The van der Waals surface area contributed by atoms with E-state index in [1.165, 1.54) is 17.1 Å². The Morgan fingerprint density at radius 1 is 1.41 bits per heavy atom. The van der Waals surface area contributed by atoms with Gasteiger partial charge in [0, 0.05) is 18.9 Å². The molecule has 90 valence electrons. The summed E-state index contributed by atoms with van der Waals surface area (Å²) in [6.45, 7) is 3.19. The molecule has 2 aromatic rings. The minimum Gasteiger partial charge on any atom is -0.304 e. The Morgan fingerprint density at radius 3 is 3.00 bits per heavy atom. The summed E-state index contributed by atoms with van der Waals surface area (Å²) in [7, 11) is 0. The van der Waals surface area contributed by atoms with Crippen molar-refractivity contribution in [2.75, 3.05) is 0 Å². The lowest BCUT2D eigenvalue weighted by Gasteiger charge is -2.06. The Labute approximate surface area is 103 Å². The minimum atomic E-state index is -0.319. The number of nitrogens with zero attached hydrogens (tertiary/aromatic N) is 5. The van der Waals surface area contributed by atoms with Gasteiger partial charge in [-0.2, -0.15) is 5.10 Å². The molecular formula is C10H12ClN5O. The van der Waals surface area contributed by atoms with Gasteiger partial charge in [-0.05, 0) is 6.42 Å². The highest BCUT2D eigenvalue weighted by Crippen LogP contribution is 2.00. The lowest BCUT2D eigenvalue weighted by Crippen LogP contribution is -2.23. The smallest absolute Gasteiger partial charge is 0.288 e. The molecule has 0 aliphatic rings. The number of rotatable bonds is 4. The molecule has 0 spiro atoms. The third-order valence-electron chi connectivity index (χ3n) is 2.31. The van der Waals surface area contributed by atoms with Crippen LogP contribution in [0.3, 0.4) is 0 Å². The van der Waals surface area contributed by atoms with Crippen LogP contribution in [0.1, 0.15) is 19.2 Å². The number of hydrogen-bond acceptors (Lipinski definition) is 4. The predicted octanol–water partition coefficient (Wildman–Crippen LogP) is 0.946. The monoisotopic (exact) mass is 253 g/mol. The molecule has 7 heteroatoms. The summed E-state index contributed by atoms with van der Waals surface area (Å²) in [5.41, 5.74) is -0.319. The first-order chi connectivity index (χ1) is 8.22. The molecule has 6 nitrogen and oxygen atoms in total. The van der Waals surface area contributed by atoms with Gasteiger partial charge in [-0.25, -0.2) is 14.6 Å². The average Bonchev–Trinajstić information content (AvgIpc) is 2.73. The molecule has 2 aromatic heterocycles. The van der Waals surface area contributed by atoms with E-state index < -0.39 is 0 Å². The Hall–Kier alpha value is -1.69. The van der Waals surface area contributed by atoms with E-state index in [1.807, 2.05) is 0 Å². The van der Waals surface area contributed by atoms with Crippen LogP contribution in [-0.2, 0) is 13.1 Å². The maximum Gasteiger partial charge on any atom is 0.288 e. The van der Waals surface area contributed by atoms with Gasteiger partial charge in [0.05, 0.1) is 6.54 Å². The largest absolute Gasteiger partial charge is 0.304 e. The number of halogens is 1. The third-order valence-corrected chi connectivity index (χ3v) is 2.57. The van der Waals surface area contributed by atoms with Crippen molar-refractivity contribution < 1.29 is 0 Å². The average molecular weight is 254 g/mol. The van der Waals surface area contributed by atoms with Crippen LogP contribution in [0.15, 0.2) is 23.5 Å². The molecule has 0 saturated heterocycles. The molecule has 0 aliphatic carbocycles. The second-order valence-electron chi connectivity index (χ2n) is 3.55. The molecule has 0 fully saturated rings. The van der Waals surface area contributed by atoms with Crippen LogP contribution < -0.4 is 5.56 Å². The van der Waals surface area contributed by atoms with Gasteiger partial charge in [-0.3, -0.25) is 4.79 Å². The lowest BCUT2D eigenvalue weighted by molar-refractivity contribution is 0.549. The van der Waals surface area contributed by atoms with Crippen LogP contribution in [0.4, 0.5) is 0 Å². The van der Waals surface area contributed by atoms with E-state index in [0.29, 0.717) is 6.54 Å². The molecule has 0 saturated carbocycles. The zero-order valence-corrected chi connectivity index (χ0v) is 10.1. The van der Waals surface area contributed by atoms with Crippen molar-refractivity contribution >= 4 is 11.6 Å². The molecular weight excluding hydrogens is 242 g/mol. The molecule has 17 heavy (non-hydrogen) atoms. The minimum absolute atomic E-state index is 0.0333. The zero-order chi connectivity index (χ0) is 12.3. The van der Waals surface area contributed by atoms with Crippen molar-refractivity contribution in [3.8, 4) is 0 Å². The number of aromatic nitrogens is 5. The van der Waals surface area contributed by atoms with E-state index in [0.717, 1.165) is 18.8 Å². The van der Waals surface area contributed by atoms with E-state index in [9.17, 15) is 4.79 Å². The maximum atomic E-state index is 11.7. The molecule has 0 N–H and O–H groups in total. The fourth-order valence-electron chi connectivity index (χ4n) is 1.51. The predicted molar refractivity (Wildman–Crippen MR) is 62.9 cm³/mol. The molecule has 2 heterocycles. The zero-order valence-electron chi connectivity index (χ0n) is 9.38. The van der Waals surface area contributed by atoms with Gasteiger partial charge in [-0.1, -0.05) is 18.5 Å². The summed E-state index contributed by atoms with van der Waals surface area (Å²) in [5.74, 6) is 0.733. The van der Waals surface area contributed by atoms with Crippen LogP contribution in [0, 0.1) is 0 Å². The quantitative estimate of drug-likeness (QED) is 0.814. The van der Waals surface area contributed by atoms with Gasteiger partial charge in [-0.15, -0.1) is 0 Å². The van der Waals surface area contributed by atoms with Crippen molar-refractivity contribution in [2.24, 2.45) is 0 Å². The molecule has 2 rings (SSSR count). The number of hydrogen-bond donors (Lipinski definition) is 0. The highest BCUT2D eigenvalue weighted by molar-refractivity contribution is 6.29. The highest BCUT2D eigenvalue weighted by Gasteiger charge is 2.07. The molecule has 0 aromatic carbocycles. The van der Waals surface area contributed by atoms with E-state index in [1.54, 1.807) is 10.9 Å². The Balaban J connectivity index is 2.28. The van der Waals surface area contributed by atoms with Crippen molar-refractivity contribution in [2.45, 2.75) is 26.4 Å². The second-order valence-corrected chi connectivity index (χ2v) is 3.91. The topological polar surface area (TPSA) is 65.6 Å². The lowest BCUT2D eigenvalue weighted by atomic mass is 10.4. The first kappa shape index (κ1) is 11.8. The summed E-state index contributed by atoms with van der Waals surface area (Å²) in [4.78, 5) is 19.5. The van der Waals surface area contributed by atoms with Gasteiger partial charge in [0.1, 0.15) is 12.2 Å². The van der Waals surface area contributed by atoms with Gasteiger partial charge >= 0.3 is 0 Å². The van der Waals surface area contributed by atoms with Crippen molar-refractivity contribution in [1.29, 1.82) is 0 Å². The summed E-state index contributed by atoms with van der Waals surface area (Å²) in [5, 5.41) is 4.06. The van der Waals surface area contributed by atoms with Gasteiger partial charge < -0.3 is 4.57 Å². The number of aryl methyl sites for hydroxylation is 1. The van der Waals surface area contributed by atoms with Crippen molar-refractivity contribution in [3.63, 3.8) is 0 Å². The first-order valence-electron chi connectivity index (χ1n) is 5.30. The summed E-state index contributed by atoms with van der Waals surface area (Å²) in [6.07, 6.45) is 5.52. The summed E-state index contributed by atoms with van der Waals surface area (Å²) >= 11 is 5.67. The second kappa shape index (κ2) is 5.09. The Kier molecular flexibility index (Phi) is 3.53. The van der Waals surface area contributed by atoms with Crippen molar-refractivity contribution in [1.82, 2.24) is 24.3 Å². The van der Waals surface area contributed by atoms with Crippen LogP contribution in [0.5, 0.6) is 0 Å². The Bertz CT molecular complexity index is 562. The standard InChI is InChI=1S/C10H12ClN5O/c1-2-4-16-8(13-7-14-16)6-15-5-3-12-9(11)10(15)17/h3,5,7H,2,4,6H2,1H3. The van der Waals surface area contributed by atoms with Crippen LogP contribution in [0.2, 0.25) is 5.15 Å². The van der Waals surface area contributed by atoms with E-state index >= 15 is 0 Å². The fourth-order valence-corrected chi connectivity index (χ4v) is 1.67. The van der Waals surface area contributed by atoms with Crippen LogP contribution in [0.25, 0.3) is 0 Å². The molecule has 0 aliphatic heterocycles.